The second-order valence-electron chi connectivity index (χ2n) is 6.38. The van der Waals surface area contributed by atoms with Crippen molar-refractivity contribution in [2.45, 2.75) is 33.2 Å². The third-order valence-electron chi connectivity index (χ3n) is 4.60. The number of hydrogen-bond donors (Lipinski definition) is 1. The average Bonchev–Trinajstić information content (AvgIpc) is 2.91. The number of carboxylic acid groups (broad SMARTS) is 1. The lowest BCUT2D eigenvalue weighted by atomic mass is 9.98. The number of aliphatic carboxylic acids is 1. The summed E-state index contributed by atoms with van der Waals surface area (Å²) in [5.74, 6) is -0.978. The fourth-order valence-corrected chi connectivity index (χ4v) is 3.37. The fourth-order valence-electron chi connectivity index (χ4n) is 3.12. The summed E-state index contributed by atoms with van der Waals surface area (Å²) in [5, 5.41) is 17.8. The number of piperidine rings is 1. The molecule has 1 aliphatic heterocycles. The molecule has 0 spiro atoms. The van der Waals surface area contributed by atoms with E-state index in [4.69, 9.17) is 0 Å². The first kappa shape index (κ1) is 17.1. The summed E-state index contributed by atoms with van der Waals surface area (Å²) in [7, 11) is 0. The summed E-state index contributed by atoms with van der Waals surface area (Å²) >= 11 is 3.51. The number of likely N-dealkylation sites (tertiary alicyclic amines) is 1. The predicted molar refractivity (Wildman–Crippen MR) is 94.2 cm³/mol. The van der Waals surface area contributed by atoms with Crippen LogP contribution in [0.15, 0.2) is 22.7 Å². The van der Waals surface area contributed by atoms with Crippen molar-refractivity contribution in [1.29, 1.82) is 0 Å². The second kappa shape index (κ2) is 7.03. The first-order valence-electron chi connectivity index (χ1n) is 8.08. The summed E-state index contributed by atoms with van der Waals surface area (Å²) in [4.78, 5) is 13.4. The molecule has 1 atom stereocenters. The molecule has 1 N–H and O–H groups in total. The molecule has 0 saturated carbocycles. The highest BCUT2D eigenvalue weighted by Crippen LogP contribution is 2.22. The zero-order valence-corrected chi connectivity index (χ0v) is 15.5. The van der Waals surface area contributed by atoms with Crippen LogP contribution >= 0.6 is 15.9 Å². The Morgan fingerprint density at radius 3 is 2.92 bits per heavy atom. The summed E-state index contributed by atoms with van der Waals surface area (Å²) in [6.45, 7) is 6.18. The van der Waals surface area contributed by atoms with Crippen LogP contribution in [0.5, 0.6) is 0 Å². The quantitative estimate of drug-likeness (QED) is 0.865. The molecule has 0 aliphatic carbocycles. The molecule has 1 aromatic heterocycles. The standard InChI is InChI=1S/C17H21BrN4O2/c1-11-8-14(5-6-15(11)18)22-12(2)16(19-20-22)10-21-7-3-4-13(9-21)17(23)24/h5-6,8,13H,3-4,7,9-10H2,1-2H3,(H,23,24). The molecule has 0 radical (unpaired) electrons. The van der Waals surface area contributed by atoms with Gasteiger partial charge in [-0.15, -0.1) is 5.10 Å². The van der Waals surface area contributed by atoms with Gasteiger partial charge in [-0.3, -0.25) is 9.69 Å². The Morgan fingerprint density at radius 1 is 1.42 bits per heavy atom. The third kappa shape index (κ3) is 3.52. The number of aryl methyl sites for hydroxylation is 1. The Balaban J connectivity index is 1.77. The van der Waals surface area contributed by atoms with Gasteiger partial charge in [0, 0.05) is 17.6 Å². The van der Waals surface area contributed by atoms with E-state index < -0.39 is 5.97 Å². The molecule has 1 unspecified atom stereocenters. The van der Waals surface area contributed by atoms with E-state index in [2.05, 4.69) is 37.2 Å². The van der Waals surface area contributed by atoms with Gasteiger partial charge in [-0.1, -0.05) is 21.1 Å². The van der Waals surface area contributed by atoms with Gasteiger partial charge in [-0.25, -0.2) is 4.68 Å². The summed E-state index contributed by atoms with van der Waals surface area (Å²) in [6.07, 6.45) is 1.67. The molecule has 1 aliphatic rings. The van der Waals surface area contributed by atoms with Crippen molar-refractivity contribution in [2.75, 3.05) is 13.1 Å². The highest BCUT2D eigenvalue weighted by atomic mass is 79.9. The van der Waals surface area contributed by atoms with Gasteiger partial charge in [0.05, 0.1) is 17.3 Å². The van der Waals surface area contributed by atoms with Crippen LogP contribution in [-0.4, -0.2) is 44.1 Å². The first-order valence-corrected chi connectivity index (χ1v) is 8.88. The molecule has 0 bridgehead atoms. The number of nitrogens with zero attached hydrogens (tertiary/aromatic N) is 4. The molecule has 7 heteroatoms. The fraction of sp³-hybridized carbons (Fsp3) is 0.471. The number of carbonyl (C=O) groups is 1. The minimum Gasteiger partial charge on any atom is -0.481 e. The van der Waals surface area contributed by atoms with Gasteiger partial charge in [0.25, 0.3) is 0 Å². The van der Waals surface area contributed by atoms with Crippen molar-refractivity contribution in [2.24, 2.45) is 5.92 Å². The zero-order chi connectivity index (χ0) is 17.3. The zero-order valence-electron chi connectivity index (χ0n) is 13.9. The van der Waals surface area contributed by atoms with Crippen molar-refractivity contribution in [3.63, 3.8) is 0 Å². The predicted octanol–water partition coefficient (Wildman–Crippen LogP) is 2.94. The van der Waals surface area contributed by atoms with Crippen molar-refractivity contribution >= 4 is 21.9 Å². The van der Waals surface area contributed by atoms with Gasteiger partial charge in [-0.2, -0.15) is 0 Å². The van der Waals surface area contributed by atoms with E-state index in [-0.39, 0.29) is 5.92 Å². The lowest BCUT2D eigenvalue weighted by Crippen LogP contribution is -2.38. The van der Waals surface area contributed by atoms with Gasteiger partial charge in [0.2, 0.25) is 0 Å². The summed E-state index contributed by atoms with van der Waals surface area (Å²) in [5.41, 5.74) is 4.02. The Bertz CT molecular complexity index is 759. The van der Waals surface area contributed by atoms with Gasteiger partial charge in [0.15, 0.2) is 0 Å². The Hall–Kier alpha value is -1.73. The minimum absolute atomic E-state index is 0.275. The molecule has 3 rings (SSSR count). The van der Waals surface area contributed by atoms with Crippen LogP contribution in [0.1, 0.15) is 29.8 Å². The summed E-state index contributed by atoms with van der Waals surface area (Å²) in [6, 6.07) is 6.08. The van der Waals surface area contributed by atoms with Crippen molar-refractivity contribution in [3.8, 4) is 5.69 Å². The highest BCUT2D eigenvalue weighted by Gasteiger charge is 2.26. The molecule has 128 valence electrons. The van der Waals surface area contributed by atoms with E-state index in [1.54, 1.807) is 0 Å². The van der Waals surface area contributed by atoms with E-state index in [1.165, 1.54) is 0 Å². The maximum atomic E-state index is 11.2. The van der Waals surface area contributed by atoms with E-state index >= 15 is 0 Å². The monoisotopic (exact) mass is 392 g/mol. The molecular formula is C17H21BrN4O2. The Kier molecular flexibility index (Phi) is 5.01. The molecule has 1 saturated heterocycles. The lowest BCUT2D eigenvalue weighted by Gasteiger charge is -2.29. The molecule has 2 heterocycles. The van der Waals surface area contributed by atoms with Crippen molar-refractivity contribution in [3.05, 3.63) is 39.6 Å². The molecule has 2 aromatic rings. The molecule has 6 nitrogen and oxygen atoms in total. The maximum absolute atomic E-state index is 11.2. The molecule has 1 aromatic carbocycles. The van der Waals surface area contributed by atoms with Crippen LogP contribution < -0.4 is 0 Å². The summed E-state index contributed by atoms with van der Waals surface area (Å²) < 4.78 is 2.91. The minimum atomic E-state index is -0.703. The number of hydrogen-bond acceptors (Lipinski definition) is 4. The second-order valence-corrected chi connectivity index (χ2v) is 7.23. The average molecular weight is 393 g/mol. The van der Waals surface area contributed by atoms with Gasteiger partial charge < -0.3 is 5.11 Å². The van der Waals surface area contributed by atoms with Gasteiger partial charge >= 0.3 is 5.97 Å². The maximum Gasteiger partial charge on any atom is 0.307 e. The van der Waals surface area contributed by atoms with E-state index in [9.17, 15) is 9.90 Å². The largest absolute Gasteiger partial charge is 0.481 e. The third-order valence-corrected chi connectivity index (χ3v) is 5.49. The first-order chi connectivity index (χ1) is 11.5. The number of rotatable bonds is 4. The van der Waals surface area contributed by atoms with Crippen molar-refractivity contribution < 1.29 is 9.90 Å². The molecule has 24 heavy (non-hydrogen) atoms. The number of benzene rings is 1. The van der Waals surface area contributed by atoms with Crippen LogP contribution in [0.3, 0.4) is 0 Å². The van der Waals surface area contributed by atoms with Crippen molar-refractivity contribution in [1.82, 2.24) is 19.9 Å². The topological polar surface area (TPSA) is 71.2 Å². The number of aromatic nitrogens is 3. The molecule has 1 fully saturated rings. The molecular weight excluding hydrogens is 372 g/mol. The Labute approximate surface area is 149 Å². The Morgan fingerprint density at radius 2 is 2.21 bits per heavy atom. The normalized spacial score (nSPS) is 18.7. The van der Waals surface area contributed by atoms with Crippen LogP contribution in [0.25, 0.3) is 5.69 Å². The van der Waals surface area contributed by atoms with Gasteiger partial charge in [0.1, 0.15) is 5.69 Å². The molecule has 0 amide bonds. The lowest BCUT2D eigenvalue weighted by molar-refractivity contribution is -0.143. The van der Waals surface area contributed by atoms with Crippen LogP contribution in [0.2, 0.25) is 0 Å². The van der Waals surface area contributed by atoms with Gasteiger partial charge in [-0.05, 0) is 57.0 Å². The van der Waals surface area contributed by atoms with Crippen LogP contribution in [0.4, 0.5) is 0 Å². The SMILES string of the molecule is Cc1cc(-n2nnc(CN3CCCC(C(=O)O)C3)c2C)ccc1Br. The van der Waals surface area contributed by atoms with E-state index in [1.807, 2.05) is 30.7 Å². The van der Waals surface area contributed by atoms with E-state index in [0.29, 0.717) is 13.1 Å². The number of carboxylic acids is 1. The number of halogens is 1. The van der Waals surface area contributed by atoms with Crippen LogP contribution in [-0.2, 0) is 11.3 Å². The smallest absolute Gasteiger partial charge is 0.307 e. The van der Waals surface area contributed by atoms with E-state index in [0.717, 1.165) is 46.5 Å². The van der Waals surface area contributed by atoms with Crippen LogP contribution in [0, 0.1) is 19.8 Å². The highest BCUT2D eigenvalue weighted by molar-refractivity contribution is 9.10.